The Kier molecular flexibility index (Phi) is 4.22. The molecular weight excluding hydrogens is 340 g/mol. The lowest BCUT2D eigenvalue weighted by molar-refractivity contribution is 0.0981. The summed E-state index contributed by atoms with van der Waals surface area (Å²) in [4.78, 5) is 39.1. The SMILES string of the molecule is O=C(c1ccccc1)c1oc2ccccc2c(=O)c1C(=O)c1ccccc1. The second-order valence-corrected chi connectivity index (χ2v) is 6.02. The van der Waals surface area contributed by atoms with Gasteiger partial charge in [0.15, 0.2) is 5.76 Å². The number of hydrogen-bond acceptors (Lipinski definition) is 4. The Morgan fingerprint density at radius 1 is 0.630 bits per heavy atom. The van der Waals surface area contributed by atoms with Crippen molar-refractivity contribution in [1.29, 1.82) is 0 Å². The minimum absolute atomic E-state index is 0.237. The molecule has 0 N–H and O–H groups in total. The monoisotopic (exact) mass is 354 g/mol. The Labute approximate surface area is 154 Å². The van der Waals surface area contributed by atoms with Crippen molar-refractivity contribution in [2.45, 2.75) is 0 Å². The molecule has 0 aliphatic heterocycles. The van der Waals surface area contributed by atoms with E-state index >= 15 is 0 Å². The molecule has 0 saturated carbocycles. The Hall–Kier alpha value is -3.79. The van der Waals surface area contributed by atoms with E-state index in [9.17, 15) is 14.4 Å². The van der Waals surface area contributed by atoms with Crippen LogP contribution < -0.4 is 5.43 Å². The highest BCUT2D eigenvalue weighted by Gasteiger charge is 2.27. The lowest BCUT2D eigenvalue weighted by atomic mass is 9.97. The number of carbonyl (C=O) groups is 2. The first-order chi connectivity index (χ1) is 13.2. The van der Waals surface area contributed by atoms with E-state index in [2.05, 4.69) is 0 Å². The minimum atomic E-state index is -0.533. The molecular formula is C23H14O4. The summed E-state index contributed by atoms with van der Waals surface area (Å²) in [6, 6.07) is 23.4. The van der Waals surface area contributed by atoms with Crippen molar-refractivity contribution in [1.82, 2.24) is 0 Å². The van der Waals surface area contributed by atoms with Gasteiger partial charge in [-0.1, -0.05) is 72.8 Å². The van der Waals surface area contributed by atoms with Gasteiger partial charge in [-0.3, -0.25) is 14.4 Å². The number of rotatable bonds is 4. The zero-order valence-corrected chi connectivity index (χ0v) is 14.2. The van der Waals surface area contributed by atoms with Crippen LogP contribution in [-0.2, 0) is 0 Å². The zero-order valence-electron chi connectivity index (χ0n) is 14.2. The van der Waals surface area contributed by atoms with E-state index in [1.165, 1.54) is 0 Å². The highest BCUT2D eigenvalue weighted by atomic mass is 16.3. The first-order valence-electron chi connectivity index (χ1n) is 8.42. The van der Waals surface area contributed by atoms with Crippen molar-refractivity contribution in [3.8, 4) is 0 Å². The van der Waals surface area contributed by atoms with Crippen LogP contribution in [0.2, 0.25) is 0 Å². The van der Waals surface area contributed by atoms with Crippen molar-refractivity contribution >= 4 is 22.5 Å². The molecule has 0 unspecified atom stereocenters. The van der Waals surface area contributed by atoms with Crippen LogP contribution >= 0.6 is 0 Å². The Balaban J connectivity index is 2.01. The van der Waals surface area contributed by atoms with Gasteiger partial charge < -0.3 is 4.42 Å². The summed E-state index contributed by atoms with van der Waals surface area (Å²) in [6.07, 6.45) is 0. The van der Waals surface area contributed by atoms with Crippen LogP contribution in [-0.4, -0.2) is 11.6 Å². The number of ketones is 2. The van der Waals surface area contributed by atoms with Crippen LogP contribution in [0, 0.1) is 0 Å². The van der Waals surface area contributed by atoms with Crippen LogP contribution in [0.25, 0.3) is 11.0 Å². The Bertz CT molecular complexity index is 1210. The van der Waals surface area contributed by atoms with Gasteiger partial charge in [0, 0.05) is 11.1 Å². The molecule has 0 bridgehead atoms. The van der Waals surface area contributed by atoms with Crippen LogP contribution in [0.4, 0.5) is 0 Å². The van der Waals surface area contributed by atoms with Crippen LogP contribution in [0.5, 0.6) is 0 Å². The van der Waals surface area contributed by atoms with E-state index in [4.69, 9.17) is 4.42 Å². The molecule has 0 atom stereocenters. The third kappa shape index (κ3) is 2.98. The number of para-hydroxylation sites is 1. The predicted octanol–water partition coefficient (Wildman–Crippen LogP) is 4.26. The number of carbonyl (C=O) groups excluding carboxylic acids is 2. The molecule has 1 heterocycles. The molecule has 1 aromatic heterocycles. The summed E-state index contributed by atoms with van der Waals surface area (Å²) >= 11 is 0. The summed E-state index contributed by atoms with van der Waals surface area (Å²) in [5, 5.41) is 0.265. The second-order valence-electron chi connectivity index (χ2n) is 6.02. The topological polar surface area (TPSA) is 64.3 Å². The van der Waals surface area contributed by atoms with Gasteiger partial charge in [-0.25, -0.2) is 0 Å². The van der Waals surface area contributed by atoms with Gasteiger partial charge in [-0.05, 0) is 12.1 Å². The van der Waals surface area contributed by atoms with E-state index in [0.29, 0.717) is 11.1 Å². The largest absolute Gasteiger partial charge is 0.452 e. The van der Waals surface area contributed by atoms with Gasteiger partial charge >= 0.3 is 0 Å². The molecule has 0 radical (unpaired) electrons. The highest BCUT2D eigenvalue weighted by Crippen LogP contribution is 2.21. The molecule has 130 valence electrons. The quantitative estimate of drug-likeness (QED) is 0.514. The molecule has 27 heavy (non-hydrogen) atoms. The van der Waals surface area contributed by atoms with E-state index in [1.807, 2.05) is 0 Å². The fourth-order valence-electron chi connectivity index (χ4n) is 2.96. The van der Waals surface area contributed by atoms with Crippen molar-refractivity contribution in [3.63, 3.8) is 0 Å². The molecule has 4 nitrogen and oxygen atoms in total. The number of benzene rings is 3. The third-order valence-corrected chi connectivity index (χ3v) is 4.30. The van der Waals surface area contributed by atoms with Crippen molar-refractivity contribution in [2.75, 3.05) is 0 Å². The highest BCUT2D eigenvalue weighted by molar-refractivity contribution is 6.19. The van der Waals surface area contributed by atoms with Gasteiger partial charge in [-0.15, -0.1) is 0 Å². The number of hydrogen-bond donors (Lipinski definition) is 0. The Morgan fingerprint density at radius 3 is 1.78 bits per heavy atom. The summed E-state index contributed by atoms with van der Waals surface area (Å²) in [5.41, 5.74) is 0.186. The van der Waals surface area contributed by atoms with Crippen molar-refractivity contribution in [3.05, 3.63) is 118 Å². The lowest BCUT2D eigenvalue weighted by Crippen LogP contribution is -2.22. The third-order valence-electron chi connectivity index (χ3n) is 4.30. The number of fused-ring (bicyclic) bond motifs is 1. The molecule has 3 aromatic carbocycles. The average Bonchev–Trinajstić information content (AvgIpc) is 2.74. The molecule has 0 fully saturated rings. The first-order valence-corrected chi connectivity index (χ1v) is 8.42. The van der Waals surface area contributed by atoms with E-state index < -0.39 is 17.0 Å². The van der Waals surface area contributed by atoms with Crippen LogP contribution in [0.3, 0.4) is 0 Å². The molecule has 4 aromatic rings. The fourth-order valence-corrected chi connectivity index (χ4v) is 2.96. The van der Waals surface area contributed by atoms with Crippen molar-refractivity contribution in [2.24, 2.45) is 0 Å². The first kappa shape index (κ1) is 16.7. The maximum atomic E-state index is 13.1. The molecule has 0 aliphatic carbocycles. The summed E-state index contributed by atoms with van der Waals surface area (Å²) in [6.45, 7) is 0. The van der Waals surface area contributed by atoms with Crippen molar-refractivity contribution < 1.29 is 14.0 Å². The maximum Gasteiger partial charge on any atom is 0.229 e. The van der Waals surface area contributed by atoms with Gasteiger partial charge in [0.1, 0.15) is 11.1 Å². The second kappa shape index (κ2) is 6.84. The average molecular weight is 354 g/mol. The molecule has 0 spiro atoms. The fraction of sp³-hybridized carbons (Fsp3) is 0. The van der Waals surface area contributed by atoms with Gasteiger partial charge in [0.2, 0.25) is 17.0 Å². The summed E-state index contributed by atoms with van der Waals surface area (Å²) < 4.78 is 5.76. The van der Waals surface area contributed by atoms with Crippen LogP contribution in [0.1, 0.15) is 32.0 Å². The van der Waals surface area contributed by atoms with Gasteiger partial charge in [-0.2, -0.15) is 0 Å². The molecule has 0 saturated heterocycles. The predicted molar refractivity (Wildman–Crippen MR) is 102 cm³/mol. The molecule has 4 heteroatoms. The maximum absolute atomic E-state index is 13.1. The van der Waals surface area contributed by atoms with Gasteiger partial charge in [0.25, 0.3) is 0 Å². The van der Waals surface area contributed by atoms with Gasteiger partial charge in [0.05, 0.1) is 5.39 Å². The van der Waals surface area contributed by atoms with E-state index in [1.54, 1.807) is 84.9 Å². The molecule has 4 rings (SSSR count). The normalized spacial score (nSPS) is 10.7. The Morgan fingerprint density at radius 2 is 1.15 bits per heavy atom. The van der Waals surface area contributed by atoms with E-state index in [0.717, 1.165) is 0 Å². The van der Waals surface area contributed by atoms with Crippen LogP contribution in [0.15, 0.2) is 94.1 Å². The van der Waals surface area contributed by atoms with E-state index in [-0.39, 0.29) is 22.3 Å². The lowest BCUT2D eigenvalue weighted by Gasteiger charge is -2.09. The molecule has 0 aliphatic rings. The minimum Gasteiger partial charge on any atom is -0.452 e. The smallest absolute Gasteiger partial charge is 0.229 e. The summed E-state index contributed by atoms with van der Waals surface area (Å²) in [5.74, 6) is -1.27. The zero-order chi connectivity index (χ0) is 18.8. The molecule has 0 amide bonds. The standard InChI is InChI=1S/C23H14O4/c24-20(15-9-3-1-4-10-15)19-22(26)17-13-7-8-14-18(17)27-23(19)21(25)16-11-5-2-6-12-16/h1-14H. The summed E-state index contributed by atoms with van der Waals surface area (Å²) in [7, 11) is 0.